The maximum Gasteiger partial charge on any atom is 0.222 e. The zero-order valence-corrected chi connectivity index (χ0v) is 16.8. The largest absolute Gasteiger partial charge is 0.489 e. The van der Waals surface area contributed by atoms with Crippen LogP contribution in [0, 0.1) is 27.7 Å². The first-order valence-corrected chi connectivity index (χ1v) is 9.82. The second-order valence-corrected chi connectivity index (χ2v) is 7.51. The summed E-state index contributed by atoms with van der Waals surface area (Å²) in [4.78, 5) is 16.6. The predicted octanol–water partition coefficient (Wildman–Crippen LogP) is 3.41. The van der Waals surface area contributed by atoms with Gasteiger partial charge in [-0.2, -0.15) is 5.10 Å². The van der Waals surface area contributed by atoms with Crippen molar-refractivity contribution in [3.63, 3.8) is 0 Å². The van der Waals surface area contributed by atoms with E-state index in [0.29, 0.717) is 13.0 Å². The van der Waals surface area contributed by atoms with Gasteiger partial charge >= 0.3 is 0 Å². The zero-order chi connectivity index (χ0) is 19.4. The number of aromatic nitrogens is 3. The van der Waals surface area contributed by atoms with Gasteiger partial charge in [0.15, 0.2) is 0 Å². The van der Waals surface area contributed by atoms with Gasteiger partial charge in [-0.15, -0.1) is 0 Å². The van der Waals surface area contributed by atoms with Crippen molar-refractivity contribution in [2.24, 2.45) is 0 Å². The number of aryl methyl sites for hydroxylation is 3. The Hall–Kier alpha value is -2.37. The van der Waals surface area contributed by atoms with Gasteiger partial charge in [0, 0.05) is 30.9 Å². The molecule has 0 aliphatic heterocycles. The molecule has 1 amide bonds. The number of hydrogen-bond donors (Lipinski definition) is 1. The van der Waals surface area contributed by atoms with Crippen LogP contribution in [0.15, 0.2) is 18.3 Å². The molecule has 0 spiro atoms. The van der Waals surface area contributed by atoms with Crippen molar-refractivity contribution >= 4 is 5.91 Å². The molecular weight excluding hydrogens is 340 g/mol. The number of pyridine rings is 1. The molecular formula is C21H30N4O2. The molecule has 1 fully saturated rings. The molecule has 3 rings (SSSR count). The van der Waals surface area contributed by atoms with Crippen molar-refractivity contribution in [3.05, 3.63) is 41.0 Å². The fourth-order valence-electron chi connectivity index (χ4n) is 3.61. The summed E-state index contributed by atoms with van der Waals surface area (Å²) in [7, 11) is 0. The first kappa shape index (κ1) is 19.4. The molecule has 1 aliphatic carbocycles. The molecule has 1 N–H and O–H groups in total. The average molecular weight is 370 g/mol. The van der Waals surface area contributed by atoms with E-state index < -0.39 is 0 Å². The molecule has 1 aliphatic rings. The maximum absolute atomic E-state index is 12.3. The van der Waals surface area contributed by atoms with E-state index in [-0.39, 0.29) is 18.1 Å². The first-order valence-electron chi connectivity index (χ1n) is 9.82. The van der Waals surface area contributed by atoms with E-state index in [9.17, 15) is 4.79 Å². The van der Waals surface area contributed by atoms with Crippen LogP contribution in [0.2, 0.25) is 0 Å². The molecule has 0 unspecified atom stereocenters. The van der Waals surface area contributed by atoms with Gasteiger partial charge in [-0.1, -0.05) is 0 Å². The molecule has 0 aromatic carbocycles. The van der Waals surface area contributed by atoms with Gasteiger partial charge in [0.25, 0.3) is 0 Å². The topological polar surface area (TPSA) is 69.0 Å². The smallest absolute Gasteiger partial charge is 0.222 e. The highest BCUT2D eigenvalue weighted by molar-refractivity contribution is 5.76. The van der Waals surface area contributed by atoms with Crippen molar-refractivity contribution in [1.29, 1.82) is 0 Å². The van der Waals surface area contributed by atoms with Crippen LogP contribution in [0.1, 0.15) is 54.7 Å². The molecule has 27 heavy (non-hydrogen) atoms. The zero-order valence-electron chi connectivity index (χ0n) is 16.8. The van der Waals surface area contributed by atoms with E-state index in [1.807, 2.05) is 30.7 Å². The Kier molecular flexibility index (Phi) is 6.14. The molecule has 146 valence electrons. The lowest BCUT2D eigenvalue weighted by Crippen LogP contribution is -2.40. The lowest BCUT2D eigenvalue weighted by atomic mass is 9.93. The Morgan fingerprint density at radius 1 is 1.19 bits per heavy atom. The molecule has 0 radical (unpaired) electrons. The van der Waals surface area contributed by atoms with Gasteiger partial charge in [-0.3, -0.25) is 14.5 Å². The van der Waals surface area contributed by atoms with E-state index in [1.165, 1.54) is 5.56 Å². The predicted molar refractivity (Wildman–Crippen MR) is 105 cm³/mol. The van der Waals surface area contributed by atoms with Crippen LogP contribution < -0.4 is 10.1 Å². The van der Waals surface area contributed by atoms with E-state index in [4.69, 9.17) is 4.74 Å². The van der Waals surface area contributed by atoms with Crippen LogP contribution in [-0.4, -0.2) is 32.8 Å². The number of amides is 1. The van der Waals surface area contributed by atoms with E-state index >= 15 is 0 Å². The normalized spacial score (nSPS) is 19.7. The SMILES string of the molecule is Cc1ncccc1OC1CCC(NC(=O)CCn2nc(C)c(C)c2C)CC1. The number of nitrogens with zero attached hydrogens (tertiary/aromatic N) is 3. The van der Waals surface area contributed by atoms with Crippen molar-refractivity contribution in [2.45, 2.75) is 78.5 Å². The highest BCUT2D eigenvalue weighted by Gasteiger charge is 2.24. The van der Waals surface area contributed by atoms with E-state index in [2.05, 4.69) is 29.2 Å². The number of carbonyl (C=O) groups is 1. The average Bonchev–Trinajstić information content (AvgIpc) is 2.90. The number of ether oxygens (including phenoxy) is 1. The molecule has 0 atom stereocenters. The van der Waals surface area contributed by atoms with Crippen LogP contribution in [0.4, 0.5) is 0 Å². The van der Waals surface area contributed by atoms with Crippen molar-refractivity contribution in [3.8, 4) is 5.75 Å². The Labute approximate surface area is 161 Å². The third-order valence-electron chi connectivity index (χ3n) is 5.59. The fourth-order valence-corrected chi connectivity index (χ4v) is 3.61. The molecule has 6 nitrogen and oxygen atoms in total. The molecule has 1 saturated carbocycles. The molecule has 2 aromatic rings. The monoisotopic (exact) mass is 370 g/mol. The summed E-state index contributed by atoms with van der Waals surface area (Å²) >= 11 is 0. The summed E-state index contributed by atoms with van der Waals surface area (Å²) in [5.74, 6) is 0.970. The van der Waals surface area contributed by atoms with Crippen molar-refractivity contribution in [1.82, 2.24) is 20.1 Å². The second-order valence-electron chi connectivity index (χ2n) is 7.51. The van der Waals surface area contributed by atoms with Crippen LogP contribution in [0.3, 0.4) is 0 Å². The van der Waals surface area contributed by atoms with Crippen molar-refractivity contribution in [2.75, 3.05) is 0 Å². The highest BCUT2D eigenvalue weighted by Crippen LogP contribution is 2.25. The lowest BCUT2D eigenvalue weighted by Gasteiger charge is -2.29. The minimum Gasteiger partial charge on any atom is -0.489 e. The molecule has 2 aromatic heterocycles. The van der Waals surface area contributed by atoms with Gasteiger partial charge in [0.1, 0.15) is 5.75 Å². The first-order chi connectivity index (χ1) is 12.9. The third kappa shape index (κ3) is 4.87. The van der Waals surface area contributed by atoms with Crippen molar-refractivity contribution < 1.29 is 9.53 Å². The summed E-state index contributed by atoms with van der Waals surface area (Å²) in [6, 6.07) is 4.12. The van der Waals surface area contributed by atoms with Crippen LogP contribution >= 0.6 is 0 Å². The molecule has 6 heteroatoms. The third-order valence-corrected chi connectivity index (χ3v) is 5.59. The number of carbonyl (C=O) groups excluding carboxylic acids is 1. The highest BCUT2D eigenvalue weighted by atomic mass is 16.5. The van der Waals surface area contributed by atoms with Gasteiger partial charge in [0.2, 0.25) is 5.91 Å². The number of hydrogen-bond acceptors (Lipinski definition) is 4. The summed E-state index contributed by atoms with van der Waals surface area (Å²) in [6.07, 6.45) is 6.27. The molecule has 2 heterocycles. The Morgan fingerprint density at radius 3 is 2.56 bits per heavy atom. The summed E-state index contributed by atoms with van der Waals surface area (Å²) in [5.41, 5.74) is 4.31. The summed E-state index contributed by atoms with van der Waals surface area (Å²) in [6.45, 7) is 8.73. The molecule has 0 saturated heterocycles. The minimum absolute atomic E-state index is 0.104. The minimum atomic E-state index is 0.104. The Bertz CT molecular complexity index is 791. The van der Waals surface area contributed by atoms with Gasteiger partial charge in [-0.05, 0) is 71.1 Å². The summed E-state index contributed by atoms with van der Waals surface area (Å²) in [5, 5.41) is 7.68. The van der Waals surface area contributed by atoms with E-state index in [1.54, 1.807) is 6.20 Å². The Morgan fingerprint density at radius 2 is 1.93 bits per heavy atom. The van der Waals surface area contributed by atoms with Gasteiger partial charge < -0.3 is 10.1 Å². The maximum atomic E-state index is 12.3. The summed E-state index contributed by atoms with van der Waals surface area (Å²) < 4.78 is 8.02. The Balaban J connectivity index is 1.41. The van der Waals surface area contributed by atoms with E-state index in [0.717, 1.165) is 48.5 Å². The fraction of sp³-hybridized carbons (Fsp3) is 0.571. The quantitative estimate of drug-likeness (QED) is 0.846. The number of nitrogens with one attached hydrogen (secondary N) is 1. The van der Waals surface area contributed by atoms with Crippen LogP contribution in [0.5, 0.6) is 5.75 Å². The number of rotatable bonds is 6. The van der Waals surface area contributed by atoms with Crippen LogP contribution in [0.25, 0.3) is 0 Å². The van der Waals surface area contributed by atoms with Gasteiger partial charge in [0.05, 0.1) is 17.5 Å². The molecule has 0 bridgehead atoms. The van der Waals surface area contributed by atoms with Gasteiger partial charge in [-0.25, -0.2) is 0 Å². The second kappa shape index (κ2) is 8.55. The standard InChI is InChI=1S/C21H30N4O2/c1-14-15(2)24-25(17(14)4)13-11-21(26)23-18-7-9-19(10-8-18)27-20-6-5-12-22-16(20)3/h5-6,12,18-19H,7-11,13H2,1-4H3,(H,23,26). The lowest BCUT2D eigenvalue weighted by molar-refractivity contribution is -0.122. The van der Waals surface area contributed by atoms with Crippen LogP contribution in [-0.2, 0) is 11.3 Å².